The Labute approximate surface area is 431 Å². The fourth-order valence-electron chi connectivity index (χ4n) is 9.86. The first kappa shape index (κ1) is 67.4. The van der Waals surface area contributed by atoms with E-state index in [1.807, 2.05) is 0 Å². The van der Waals surface area contributed by atoms with Crippen molar-refractivity contribution in [2.45, 2.75) is 374 Å². The second-order valence-electron chi connectivity index (χ2n) is 21.7. The summed E-state index contributed by atoms with van der Waals surface area (Å²) in [6.07, 6.45) is 66.8. The van der Waals surface area contributed by atoms with E-state index in [0.717, 1.165) is 57.8 Å². The van der Waals surface area contributed by atoms with Crippen molar-refractivity contribution in [1.82, 2.24) is 0 Å². The molecule has 1 unspecified atom stereocenters. The van der Waals surface area contributed by atoms with E-state index >= 15 is 0 Å². The van der Waals surface area contributed by atoms with Gasteiger partial charge in [0.2, 0.25) is 0 Å². The third-order valence-corrected chi connectivity index (χ3v) is 14.6. The van der Waals surface area contributed by atoms with Crippen molar-refractivity contribution in [3.8, 4) is 0 Å². The molecule has 0 fully saturated rings. The molecule has 0 saturated heterocycles. The first-order valence-corrected chi connectivity index (χ1v) is 31.5. The number of esters is 3. The molecule has 0 aromatic heterocycles. The van der Waals surface area contributed by atoms with Crippen LogP contribution in [-0.2, 0) is 28.6 Å². The van der Waals surface area contributed by atoms with Gasteiger partial charge in [0.15, 0.2) is 6.10 Å². The summed E-state index contributed by atoms with van der Waals surface area (Å²) in [5.41, 5.74) is 0. The zero-order valence-electron chi connectivity index (χ0n) is 47.1. The van der Waals surface area contributed by atoms with Gasteiger partial charge in [0, 0.05) is 19.3 Å². The Bertz CT molecular complexity index is 1030. The van der Waals surface area contributed by atoms with Crippen molar-refractivity contribution in [1.29, 1.82) is 0 Å². The van der Waals surface area contributed by atoms with Crippen molar-refractivity contribution >= 4 is 17.9 Å². The number of carbonyl (C=O) groups is 3. The highest BCUT2D eigenvalue weighted by atomic mass is 16.6. The van der Waals surface area contributed by atoms with E-state index < -0.39 is 6.10 Å². The Kier molecular flexibility index (Phi) is 57.6. The number of unbranched alkanes of at least 4 members (excludes halogenated alkanes) is 48. The molecule has 0 aliphatic rings. The van der Waals surface area contributed by atoms with Crippen LogP contribution in [0.2, 0.25) is 0 Å². The molecule has 0 saturated carbocycles. The molecule has 0 N–H and O–H groups in total. The molecular weight excluding hydrogens is 853 g/mol. The van der Waals surface area contributed by atoms with E-state index in [9.17, 15) is 14.4 Å². The van der Waals surface area contributed by atoms with Gasteiger partial charge in [0.25, 0.3) is 0 Å². The zero-order valence-corrected chi connectivity index (χ0v) is 47.1. The second kappa shape index (κ2) is 59.0. The minimum atomic E-state index is -0.761. The summed E-state index contributed by atoms with van der Waals surface area (Å²) in [5, 5.41) is 0. The smallest absolute Gasteiger partial charge is 0.306 e. The molecule has 0 aliphatic heterocycles. The normalized spacial score (nSPS) is 11.9. The SMILES string of the molecule is CCCCCCCCCCCCCCCCCCCCCCCCC(=O)OCC(COC(=O)CCCCCCCCCCCCCCC)OC(=O)CCCCCCCCCCCCCCCCCC. The lowest BCUT2D eigenvalue weighted by Crippen LogP contribution is -2.30. The molecule has 69 heavy (non-hydrogen) atoms. The monoisotopic (exact) mass is 975 g/mol. The number of ether oxygens (including phenoxy) is 3. The Hall–Kier alpha value is -1.59. The van der Waals surface area contributed by atoms with Gasteiger partial charge in [0.05, 0.1) is 0 Å². The van der Waals surface area contributed by atoms with Crippen LogP contribution in [0.1, 0.15) is 367 Å². The lowest BCUT2D eigenvalue weighted by Gasteiger charge is -2.18. The molecule has 0 spiro atoms. The molecule has 0 aliphatic carbocycles. The third kappa shape index (κ3) is 57.2. The first-order valence-electron chi connectivity index (χ1n) is 31.5. The van der Waals surface area contributed by atoms with Gasteiger partial charge in [-0.3, -0.25) is 14.4 Å². The van der Waals surface area contributed by atoms with Gasteiger partial charge in [-0.1, -0.05) is 329 Å². The van der Waals surface area contributed by atoms with Crippen LogP contribution in [0, 0.1) is 0 Å². The summed E-state index contributed by atoms with van der Waals surface area (Å²) in [6.45, 7) is 6.72. The van der Waals surface area contributed by atoms with E-state index in [0.29, 0.717) is 19.3 Å². The van der Waals surface area contributed by atoms with Crippen LogP contribution in [0.15, 0.2) is 0 Å². The van der Waals surface area contributed by atoms with Crippen LogP contribution in [0.25, 0.3) is 0 Å². The topological polar surface area (TPSA) is 78.9 Å². The van der Waals surface area contributed by atoms with Gasteiger partial charge in [-0.2, -0.15) is 0 Å². The highest BCUT2D eigenvalue weighted by Gasteiger charge is 2.19. The molecule has 6 heteroatoms. The summed E-state index contributed by atoms with van der Waals surface area (Å²) >= 11 is 0. The fraction of sp³-hybridized carbons (Fsp3) is 0.952. The van der Waals surface area contributed by atoms with Crippen LogP contribution >= 0.6 is 0 Å². The van der Waals surface area contributed by atoms with Gasteiger partial charge < -0.3 is 14.2 Å². The zero-order chi connectivity index (χ0) is 50.0. The average Bonchev–Trinajstić information content (AvgIpc) is 3.35. The molecule has 0 rings (SSSR count). The van der Waals surface area contributed by atoms with E-state index in [-0.39, 0.29) is 31.1 Å². The van der Waals surface area contributed by atoms with Gasteiger partial charge in [-0.25, -0.2) is 0 Å². The lowest BCUT2D eigenvalue weighted by atomic mass is 10.0. The van der Waals surface area contributed by atoms with Gasteiger partial charge in [-0.15, -0.1) is 0 Å². The standard InChI is InChI=1S/C63H122O6/c1-4-7-10-13-16-19-22-25-27-29-30-31-32-33-34-36-38-41-44-47-50-53-56-62(65)68-59-60(58-67-61(64)55-52-49-46-43-40-37-24-21-18-15-12-9-6-3)69-63(66)57-54-51-48-45-42-39-35-28-26-23-20-17-14-11-8-5-2/h60H,4-59H2,1-3H3. The second-order valence-corrected chi connectivity index (χ2v) is 21.7. The number of hydrogen-bond donors (Lipinski definition) is 0. The summed E-state index contributed by atoms with van der Waals surface area (Å²) in [4.78, 5) is 38.2. The molecule has 0 aromatic rings. The molecule has 410 valence electrons. The minimum absolute atomic E-state index is 0.0607. The molecule has 0 aromatic carbocycles. The largest absolute Gasteiger partial charge is 0.462 e. The fourth-order valence-corrected chi connectivity index (χ4v) is 9.86. The maximum absolute atomic E-state index is 12.9. The van der Waals surface area contributed by atoms with Crippen LogP contribution in [-0.4, -0.2) is 37.2 Å². The van der Waals surface area contributed by atoms with Gasteiger partial charge in [0.1, 0.15) is 13.2 Å². The van der Waals surface area contributed by atoms with Crippen LogP contribution in [0.4, 0.5) is 0 Å². The maximum atomic E-state index is 12.9. The average molecular weight is 976 g/mol. The van der Waals surface area contributed by atoms with Crippen molar-refractivity contribution < 1.29 is 28.6 Å². The van der Waals surface area contributed by atoms with E-state index in [1.165, 1.54) is 270 Å². The lowest BCUT2D eigenvalue weighted by molar-refractivity contribution is -0.167. The number of carbonyl (C=O) groups excluding carboxylic acids is 3. The Balaban J connectivity index is 4.22. The molecule has 6 nitrogen and oxygen atoms in total. The molecular formula is C63H122O6. The molecule has 0 heterocycles. The van der Waals surface area contributed by atoms with Crippen LogP contribution < -0.4 is 0 Å². The van der Waals surface area contributed by atoms with Crippen molar-refractivity contribution in [2.24, 2.45) is 0 Å². The van der Waals surface area contributed by atoms with Crippen molar-refractivity contribution in [3.05, 3.63) is 0 Å². The van der Waals surface area contributed by atoms with E-state index in [2.05, 4.69) is 20.8 Å². The minimum Gasteiger partial charge on any atom is -0.462 e. The number of hydrogen-bond acceptors (Lipinski definition) is 6. The quantitative estimate of drug-likeness (QED) is 0.0343. The summed E-state index contributed by atoms with van der Waals surface area (Å²) in [7, 11) is 0. The Morgan fingerprint density at radius 3 is 0.580 bits per heavy atom. The molecule has 1 atom stereocenters. The maximum Gasteiger partial charge on any atom is 0.306 e. The highest BCUT2D eigenvalue weighted by Crippen LogP contribution is 2.18. The van der Waals surface area contributed by atoms with Crippen LogP contribution in [0.5, 0.6) is 0 Å². The first-order chi connectivity index (χ1) is 34.0. The van der Waals surface area contributed by atoms with Crippen molar-refractivity contribution in [3.63, 3.8) is 0 Å². The van der Waals surface area contributed by atoms with Crippen molar-refractivity contribution in [2.75, 3.05) is 13.2 Å². The highest BCUT2D eigenvalue weighted by molar-refractivity contribution is 5.71. The predicted molar refractivity (Wildman–Crippen MR) is 298 cm³/mol. The number of rotatable bonds is 59. The van der Waals surface area contributed by atoms with Gasteiger partial charge >= 0.3 is 17.9 Å². The summed E-state index contributed by atoms with van der Waals surface area (Å²) < 4.78 is 16.9. The van der Waals surface area contributed by atoms with Gasteiger partial charge in [-0.05, 0) is 19.3 Å². The molecule has 0 bridgehead atoms. The van der Waals surface area contributed by atoms with Crippen LogP contribution in [0.3, 0.4) is 0 Å². The van der Waals surface area contributed by atoms with E-state index in [4.69, 9.17) is 14.2 Å². The molecule has 0 radical (unpaired) electrons. The Morgan fingerprint density at radius 1 is 0.232 bits per heavy atom. The Morgan fingerprint density at radius 2 is 0.391 bits per heavy atom. The van der Waals surface area contributed by atoms with E-state index in [1.54, 1.807) is 0 Å². The third-order valence-electron chi connectivity index (χ3n) is 14.6. The summed E-state index contributed by atoms with van der Waals surface area (Å²) in [5.74, 6) is -0.827. The predicted octanol–water partition coefficient (Wildman–Crippen LogP) is 21.1. The summed E-state index contributed by atoms with van der Waals surface area (Å²) in [6, 6.07) is 0. The molecule has 0 amide bonds.